The second-order valence-corrected chi connectivity index (χ2v) is 6.73. The Morgan fingerprint density at radius 2 is 1.85 bits per heavy atom. The van der Waals surface area contributed by atoms with Gasteiger partial charge in [0.1, 0.15) is 13.2 Å². The number of esters is 1. The number of Topliss-reactive ketones (excluding diaryl/α,β-unsaturated/α-hetero) is 1. The Morgan fingerprint density at radius 3 is 2.58 bits per heavy atom. The largest absolute Gasteiger partial charge is 0.486 e. The highest BCUT2D eigenvalue weighted by molar-refractivity contribution is 5.97. The van der Waals surface area contributed by atoms with Gasteiger partial charge in [0.15, 0.2) is 18.1 Å². The third kappa shape index (κ3) is 2.96. The molecular formula is C20H21NO5. The summed E-state index contributed by atoms with van der Waals surface area (Å²) in [5.74, 6) is 0.781. The monoisotopic (exact) mass is 355 g/mol. The van der Waals surface area contributed by atoms with Crippen molar-refractivity contribution in [3.05, 3.63) is 47.8 Å². The average molecular weight is 355 g/mol. The summed E-state index contributed by atoms with van der Waals surface area (Å²) in [5, 5.41) is 0. The number of fused-ring (bicyclic) bond motifs is 1. The lowest BCUT2D eigenvalue weighted by atomic mass is 9.78. The van der Waals surface area contributed by atoms with Crippen LogP contribution in [0.4, 0.5) is 0 Å². The van der Waals surface area contributed by atoms with Gasteiger partial charge in [0, 0.05) is 6.20 Å². The van der Waals surface area contributed by atoms with E-state index in [1.807, 2.05) is 18.2 Å². The third-order valence-electron chi connectivity index (χ3n) is 5.18. The van der Waals surface area contributed by atoms with Crippen LogP contribution in [0.5, 0.6) is 11.5 Å². The highest BCUT2D eigenvalue weighted by Gasteiger charge is 2.45. The fraction of sp³-hybridized carbons (Fsp3) is 0.400. The van der Waals surface area contributed by atoms with Crippen molar-refractivity contribution >= 4 is 11.8 Å². The Balaban J connectivity index is 1.54. The quantitative estimate of drug-likeness (QED) is 0.659. The molecule has 1 aromatic carbocycles. The summed E-state index contributed by atoms with van der Waals surface area (Å²) in [6.45, 7) is 0.768. The van der Waals surface area contributed by atoms with E-state index < -0.39 is 5.41 Å². The van der Waals surface area contributed by atoms with Crippen molar-refractivity contribution in [2.45, 2.75) is 31.1 Å². The Kier molecular flexibility index (Phi) is 4.41. The second kappa shape index (κ2) is 6.86. The molecule has 0 spiro atoms. The van der Waals surface area contributed by atoms with Gasteiger partial charge in [-0.15, -0.1) is 0 Å². The van der Waals surface area contributed by atoms with E-state index in [4.69, 9.17) is 14.2 Å². The molecule has 1 aromatic heterocycles. The first kappa shape index (κ1) is 16.7. The van der Waals surface area contributed by atoms with Crippen LogP contribution in [0.25, 0.3) is 0 Å². The predicted molar refractivity (Wildman–Crippen MR) is 93.7 cm³/mol. The summed E-state index contributed by atoms with van der Waals surface area (Å²) in [5.41, 5.74) is 0.598. The molecule has 1 N–H and O–H groups in total. The molecule has 0 amide bonds. The van der Waals surface area contributed by atoms with Gasteiger partial charge in [-0.2, -0.15) is 0 Å². The minimum absolute atomic E-state index is 0.237. The van der Waals surface area contributed by atoms with Gasteiger partial charge in [0.25, 0.3) is 0 Å². The minimum Gasteiger partial charge on any atom is -0.486 e. The number of aromatic nitrogens is 1. The van der Waals surface area contributed by atoms with Crippen LogP contribution in [-0.4, -0.2) is 36.6 Å². The molecule has 1 fully saturated rings. The molecule has 2 aromatic rings. The standard InChI is InChI=1S/C20H21NO5/c22-16(15-4-3-9-21-15)13-26-19(23)20(7-1-2-8-20)14-5-6-17-18(12-14)25-11-10-24-17/h3-6,9,12,21H,1-2,7-8,10-11,13H2. The summed E-state index contributed by atoms with van der Waals surface area (Å²) in [6, 6.07) is 9.05. The maximum atomic E-state index is 13.0. The van der Waals surface area contributed by atoms with Crippen molar-refractivity contribution < 1.29 is 23.8 Å². The zero-order valence-electron chi connectivity index (χ0n) is 14.5. The predicted octanol–water partition coefficient (Wildman–Crippen LogP) is 3.02. The lowest BCUT2D eigenvalue weighted by Gasteiger charge is -2.28. The van der Waals surface area contributed by atoms with Gasteiger partial charge in [-0.05, 0) is 42.7 Å². The normalized spacial score (nSPS) is 17.7. The number of aromatic amines is 1. The van der Waals surface area contributed by atoms with Crippen molar-refractivity contribution in [2.24, 2.45) is 0 Å². The summed E-state index contributed by atoms with van der Waals surface area (Å²) in [6.07, 6.45) is 5.00. The lowest BCUT2D eigenvalue weighted by molar-refractivity contribution is -0.149. The number of H-pyrrole nitrogens is 1. The van der Waals surface area contributed by atoms with Gasteiger partial charge in [-0.1, -0.05) is 18.9 Å². The zero-order chi connectivity index (χ0) is 18.0. The number of nitrogens with one attached hydrogen (secondary N) is 1. The van der Waals surface area contributed by atoms with E-state index >= 15 is 0 Å². The van der Waals surface area contributed by atoms with E-state index in [0.29, 0.717) is 43.2 Å². The average Bonchev–Trinajstić information content (AvgIpc) is 3.38. The molecule has 6 heteroatoms. The molecule has 0 radical (unpaired) electrons. The molecule has 1 aliphatic carbocycles. The summed E-state index contributed by atoms with van der Waals surface area (Å²) >= 11 is 0. The second-order valence-electron chi connectivity index (χ2n) is 6.73. The fourth-order valence-corrected chi connectivity index (χ4v) is 3.78. The lowest BCUT2D eigenvalue weighted by Crippen LogP contribution is -2.36. The number of ether oxygens (including phenoxy) is 3. The van der Waals surface area contributed by atoms with Crippen LogP contribution in [0.3, 0.4) is 0 Å². The molecule has 0 bridgehead atoms. The van der Waals surface area contributed by atoms with Crippen molar-refractivity contribution in [2.75, 3.05) is 19.8 Å². The maximum Gasteiger partial charge on any atom is 0.317 e. The first-order chi connectivity index (χ1) is 12.7. The van der Waals surface area contributed by atoms with Gasteiger partial charge in [-0.25, -0.2) is 0 Å². The maximum absolute atomic E-state index is 13.0. The molecule has 2 aliphatic rings. The van der Waals surface area contributed by atoms with Crippen molar-refractivity contribution in [3.8, 4) is 11.5 Å². The van der Waals surface area contributed by atoms with Gasteiger partial charge in [0.05, 0.1) is 11.1 Å². The number of ketones is 1. The van der Waals surface area contributed by atoms with E-state index in [-0.39, 0.29) is 18.4 Å². The van der Waals surface area contributed by atoms with Gasteiger partial charge < -0.3 is 19.2 Å². The summed E-state index contributed by atoms with van der Waals surface area (Å²) < 4.78 is 16.7. The van der Waals surface area contributed by atoms with Crippen LogP contribution in [0.1, 0.15) is 41.7 Å². The Labute approximate surface area is 151 Å². The van der Waals surface area contributed by atoms with E-state index in [2.05, 4.69) is 4.98 Å². The number of hydrogen-bond acceptors (Lipinski definition) is 5. The molecule has 2 heterocycles. The smallest absolute Gasteiger partial charge is 0.317 e. The molecule has 1 saturated carbocycles. The highest BCUT2D eigenvalue weighted by Crippen LogP contribution is 2.45. The first-order valence-electron chi connectivity index (χ1n) is 8.93. The molecule has 26 heavy (non-hydrogen) atoms. The van der Waals surface area contributed by atoms with E-state index in [0.717, 1.165) is 18.4 Å². The number of carbonyl (C=O) groups excluding carboxylic acids is 2. The Hall–Kier alpha value is -2.76. The Bertz CT molecular complexity index is 806. The molecule has 6 nitrogen and oxygen atoms in total. The minimum atomic E-state index is -0.716. The molecule has 136 valence electrons. The van der Waals surface area contributed by atoms with Gasteiger partial charge in [0.2, 0.25) is 5.78 Å². The van der Waals surface area contributed by atoms with E-state index in [1.165, 1.54) is 0 Å². The van der Waals surface area contributed by atoms with Crippen LogP contribution in [0, 0.1) is 0 Å². The fourth-order valence-electron chi connectivity index (χ4n) is 3.78. The van der Waals surface area contributed by atoms with Crippen LogP contribution < -0.4 is 9.47 Å². The van der Waals surface area contributed by atoms with E-state index in [9.17, 15) is 9.59 Å². The van der Waals surface area contributed by atoms with Crippen molar-refractivity contribution in [1.29, 1.82) is 0 Å². The van der Waals surface area contributed by atoms with Crippen LogP contribution in [0.2, 0.25) is 0 Å². The molecule has 4 rings (SSSR count). The number of carbonyl (C=O) groups is 2. The summed E-state index contributed by atoms with van der Waals surface area (Å²) in [7, 11) is 0. The zero-order valence-corrected chi connectivity index (χ0v) is 14.5. The first-order valence-corrected chi connectivity index (χ1v) is 8.93. The summed E-state index contributed by atoms with van der Waals surface area (Å²) in [4.78, 5) is 27.9. The van der Waals surface area contributed by atoms with Crippen molar-refractivity contribution in [3.63, 3.8) is 0 Å². The molecular weight excluding hydrogens is 334 g/mol. The molecule has 0 saturated heterocycles. The highest BCUT2D eigenvalue weighted by atomic mass is 16.6. The Morgan fingerprint density at radius 1 is 1.08 bits per heavy atom. The van der Waals surface area contributed by atoms with Crippen LogP contribution in [0.15, 0.2) is 36.5 Å². The number of hydrogen-bond donors (Lipinski definition) is 1. The number of benzene rings is 1. The van der Waals surface area contributed by atoms with Gasteiger partial charge in [-0.3, -0.25) is 9.59 Å². The molecule has 0 unspecified atom stereocenters. The third-order valence-corrected chi connectivity index (χ3v) is 5.18. The number of rotatable bonds is 5. The molecule has 0 atom stereocenters. The van der Waals surface area contributed by atoms with E-state index in [1.54, 1.807) is 18.3 Å². The van der Waals surface area contributed by atoms with Crippen LogP contribution in [-0.2, 0) is 14.9 Å². The SMILES string of the molecule is O=C(COC(=O)C1(c2ccc3c(c2)OCCO3)CCCC1)c1ccc[nH]1. The van der Waals surface area contributed by atoms with Crippen molar-refractivity contribution in [1.82, 2.24) is 4.98 Å². The van der Waals surface area contributed by atoms with Crippen LogP contribution >= 0.6 is 0 Å². The van der Waals surface area contributed by atoms with Gasteiger partial charge >= 0.3 is 5.97 Å². The topological polar surface area (TPSA) is 77.6 Å². The molecule has 1 aliphatic heterocycles.